The molecule has 0 aliphatic carbocycles. The van der Waals surface area contributed by atoms with Crippen LogP contribution in [0.3, 0.4) is 0 Å². The van der Waals surface area contributed by atoms with Crippen LogP contribution in [0.2, 0.25) is 0 Å². The zero-order valence-corrected chi connectivity index (χ0v) is 9.60. The Bertz CT molecular complexity index is 443. The van der Waals surface area contributed by atoms with Gasteiger partial charge in [0, 0.05) is 5.69 Å². The molecule has 0 fully saturated rings. The minimum Gasteiger partial charge on any atom is -0.507 e. The first-order valence-electron chi connectivity index (χ1n) is 4.91. The fourth-order valence-corrected chi connectivity index (χ4v) is 1.27. The molecule has 3 N–H and O–H groups in total. The van der Waals surface area contributed by atoms with E-state index in [1.807, 2.05) is 0 Å². The van der Waals surface area contributed by atoms with E-state index in [2.05, 4.69) is 5.32 Å². The van der Waals surface area contributed by atoms with E-state index in [4.69, 9.17) is 5.11 Å². The number of likely N-dealkylation sites (N-methyl/N-ethyl adjacent to an activating group) is 1. The number of carbonyl (C=O) groups excluding carboxylic acids is 1. The molecule has 0 aliphatic heterocycles. The molecule has 0 aliphatic rings. The van der Waals surface area contributed by atoms with E-state index in [-0.39, 0.29) is 23.8 Å². The Kier molecular flexibility index (Phi) is 4.06. The molecule has 1 aromatic rings. The van der Waals surface area contributed by atoms with Crippen molar-refractivity contribution in [2.24, 2.45) is 0 Å². The zero-order chi connectivity index (χ0) is 13.0. The predicted molar refractivity (Wildman–Crippen MR) is 62.2 cm³/mol. The van der Waals surface area contributed by atoms with Gasteiger partial charge in [-0.3, -0.25) is 4.79 Å². The predicted octanol–water partition coefficient (Wildman–Crippen LogP) is 0.590. The Morgan fingerprint density at radius 2 is 2.00 bits per heavy atom. The number of amides is 1. The van der Waals surface area contributed by atoms with Crippen molar-refractivity contribution in [2.45, 2.75) is 0 Å². The molecule has 0 heterocycles. The summed E-state index contributed by atoms with van der Waals surface area (Å²) in [6.45, 7) is 0.198. The van der Waals surface area contributed by atoms with Crippen LogP contribution in [0.4, 0.5) is 5.69 Å². The Labute approximate surface area is 98.5 Å². The lowest BCUT2D eigenvalue weighted by molar-refractivity contribution is -0.116. The third-order valence-corrected chi connectivity index (χ3v) is 1.97. The molecule has 1 rings (SSSR count). The number of aromatic carboxylic acids is 1. The first-order valence-corrected chi connectivity index (χ1v) is 4.91. The molecule has 92 valence electrons. The first kappa shape index (κ1) is 13.0. The molecule has 1 aromatic carbocycles. The summed E-state index contributed by atoms with van der Waals surface area (Å²) in [7, 11) is 3.50. The van der Waals surface area contributed by atoms with Crippen LogP contribution in [0.1, 0.15) is 10.4 Å². The summed E-state index contributed by atoms with van der Waals surface area (Å²) >= 11 is 0. The normalized spacial score (nSPS) is 10.3. The van der Waals surface area contributed by atoms with Crippen LogP contribution in [-0.2, 0) is 4.79 Å². The Balaban J connectivity index is 2.82. The van der Waals surface area contributed by atoms with Crippen LogP contribution in [0, 0.1) is 0 Å². The van der Waals surface area contributed by atoms with Crippen molar-refractivity contribution in [3.63, 3.8) is 0 Å². The number of hydrogen-bond acceptors (Lipinski definition) is 4. The van der Waals surface area contributed by atoms with Crippen LogP contribution in [0.15, 0.2) is 18.2 Å². The van der Waals surface area contributed by atoms with E-state index >= 15 is 0 Å². The maximum Gasteiger partial charge on any atom is 0.339 e. The van der Waals surface area contributed by atoms with Gasteiger partial charge in [-0.1, -0.05) is 0 Å². The highest BCUT2D eigenvalue weighted by Crippen LogP contribution is 2.21. The van der Waals surface area contributed by atoms with E-state index in [0.29, 0.717) is 5.69 Å². The van der Waals surface area contributed by atoms with Gasteiger partial charge in [-0.15, -0.1) is 0 Å². The summed E-state index contributed by atoms with van der Waals surface area (Å²) in [6.07, 6.45) is 0. The Morgan fingerprint density at radius 3 is 2.53 bits per heavy atom. The third-order valence-electron chi connectivity index (χ3n) is 1.97. The van der Waals surface area contributed by atoms with E-state index in [1.165, 1.54) is 18.2 Å². The monoisotopic (exact) mass is 238 g/mol. The number of aromatic hydroxyl groups is 1. The van der Waals surface area contributed by atoms with Crippen molar-refractivity contribution in [3.05, 3.63) is 23.8 Å². The van der Waals surface area contributed by atoms with Crippen molar-refractivity contribution in [1.29, 1.82) is 0 Å². The van der Waals surface area contributed by atoms with Crippen LogP contribution in [0.5, 0.6) is 5.75 Å². The lowest BCUT2D eigenvalue weighted by atomic mass is 10.2. The number of carbonyl (C=O) groups is 2. The minimum atomic E-state index is -1.24. The fraction of sp³-hybridized carbons (Fsp3) is 0.273. The zero-order valence-electron chi connectivity index (χ0n) is 9.60. The van der Waals surface area contributed by atoms with Gasteiger partial charge in [-0.2, -0.15) is 0 Å². The molecule has 0 bridgehead atoms. The van der Waals surface area contributed by atoms with Crippen molar-refractivity contribution in [1.82, 2.24) is 4.90 Å². The van der Waals surface area contributed by atoms with Crippen molar-refractivity contribution in [2.75, 3.05) is 26.0 Å². The Hall–Kier alpha value is -2.08. The number of nitrogens with zero attached hydrogens (tertiary/aromatic N) is 1. The van der Waals surface area contributed by atoms with Gasteiger partial charge in [0.1, 0.15) is 11.3 Å². The van der Waals surface area contributed by atoms with Gasteiger partial charge >= 0.3 is 5.97 Å². The number of carboxylic acids is 1. The van der Waals surface area contributed by atoms with Crippen molar-refractivity contribution >= 4 is 17.6 Å². The molecule has 0 radical (unpaired) electrons. The lowest BCUT2D eigenvalue weighted by Crippen LogP contribution is -2.27. The average Bonchev–Trinajstić information content (AvgIpc) is 2.19. The van der Waals surface area contributed by atoms with E-state index in [1.54, 1.807) is 19.0 Å². The van der Waals surface area contributed by atoms with E-state index < -0.39 is 5.97 Å². The quantitative estimate of drug-likeness (QED) is 0.668. The first-order chi connectivity index (χ1) is 7.90. The molecule has 0 atom stereocenters. The number of benzene rings is 1. The summed E-state index contributed by atoms with van der Waals surface area (Å²) in [4.78, 5) is 23.9. The smallest absolute Gasteiger partial charge is 0.339 e. The van der Waals surface area contributed by atoms with Crippen LogP contribution < -0.4 is 5.32 Å². The second-order valence-corrected chi connectivity index (χ2v) is 3.82. The van der Waals surface area contributed by atoms with Crippen LogP contribution in [-0.4, -0.2) is 47.6 Å². The maximum absolute atomic E-state index is 11.4. The number of phenols is 1. The highest BCUT2D eigenvalue weighted by molar-refractivity contribution is 5.96. The molecule has 1 amide bonds. The second-order valence-electron chi connectivity index (χ2n) is 3.82. The molecular formula is C11H14N2O4. The maximum atomic E-state index is 11.4. The minimum absolute atomic E-state index is 0.198. The molecule has 0 saturated carbocycles. The van der Waals surface area contributed by atoms with Crippen LogP contribution >= 0.6 is 0 Å². The van der Waals surface area contributed by atoms with Gasteiger partial charge in [-0.25, -0.2) is 4.79 Å². The molecule has 6 heteroatoms. The Morgan fingerprint density at radius 1 is 1.35 bits per heavy atom. The van der Waals surface area contributed by atoms with Crippen molar-refractivity contribution in [3.8, 4) is 5.75 Å². The molecular weight excluding hydrogens is 224 g/mol. The third kappa shape index (κ3) is 3.76. The number of rotatable bonds is 4. The van der Waals surface area contributed by atoms with Gasteiger partial charge in [0.2, 0.25) is 5.91 Å². The summed E-state index contributed by atoms with van der Waals surface area (Å²) in [5.41, 5.74) is 0.0969. The summed E-state index contributed by atoms with van der Waals surface area (Å²) < 4.78 is 0. The molecule has 0 spiro atoms. The summed E-state index contributed by atoms with van der Waals surface area (Å²) in [5.74, 6) is -1.83. The highest BCUT2D eigenvalue weighted by Gasteiger charge is 2.11. The SMILES string of the molecule is CN(C)CC(=O)Nc1ccc(O)c(C(=O)O)c1. The number of nitrogens with one attached hydrogen (secondary N) is 1. The van der Waals surface area contributed by atoms with Crippen molar-refractivity contribution < 1.29 is 19.8 Å². The highest BCUT2D eigenvalue weighted by atomic mass is 16.4. The van der Waals surface area contributed by atoms with Crippen LogP contribution in [0.25, 0.3) is 0 Å². The van der Waals surface area contributed by atoms with E-state index in [0.717, 1.165) is 0 Å². The van der Waals surface area contributed by atoms with Gasteiger partial charge in [0.25, 0.3) is 0 Å². The molecule has 0 aromatic heterocycles. The summed E-state index contributed by atoms with van der Waals surface area (Å²) in [5, 5.41) is 20.6. The standard InChI is InChI=1S/C11H14N2O4/c1-13(2)6-10(15)12-7-3-4-9(14)8(5-7)11(16)17/h3-5,14H,6H2,1-2H3,(H,12,15)(H,16,17). The largest absolute Gasteiger partial charge is 0.507 e. The van der Waals surface area contributed by atoms with Gasteiger partial charge in [-0.05, 0) is 32.3 Å². The number of anilines is 1. The fourth-order valence-electron chi connectivity index (χ4n) is 1.27. The average molecular weight is 238 g/mol. The molecule has 6 nitrogen and oxygen atoms in total. The lowest BCUT2D eigenvalue weighted by Gasteiger charge is -2.10. The topological polar surface area (TPSA) is 89.9 Å². The van der Waals surface area contributed by atoms with Gasteiger partial charge in [0.15, 0.2) is 0 Å². The van der Waals surface area contributed by atoms with Gasteiger partial charge < -0.3 is 20.4 Å². The van der Waals surface area contributed by atoms with E-state index in [9.17, 15) is 14.7 Å². The number of hydrogen-bond donors (Lipinski definition) is 3. The molecule has 17 heavy (non-hydrogen) atoms. The summed E-state index contributed by atoms with van der Waals surface area (Å²) in [6, 6.07) is 3.88. The second kappa shape index (κ2) is 5.31. The molecule has 0 saturated heterocycles. The number of carboxylic acid groups (broad SMARTS) is 1. The molecule has 0 unspecified atom stereocenters. The van der Waals surface area contributed by atoms with Gasteiger partial charge in [0.05, 0.1) is 6.54 Å².